The van der Waals surface area contributed by atoms with E-state index in [1.54, 1.807) is 0 Å². The second-order valence-electron chi connectivity index (χ2n) is 9.90. The van der Waals surface area contributed by atoms with Crippen LogP contribution in [0.2, 0.25) is 5.28 Å². The first kappa shape index (κ1) is 30.5. The molecule has 0 amide bonds. The lowest BCUT2D eigenvalue weighted by molar-refractivity contribution is -0.0540. The van der Waals surface area contributed by atoms with Crippen LogP contribution < -0.4 is 11.5 Å². The molecule has 3 aliphatic heterocycles. The van der Waals surface area contributed by atoms with Gasteiger partial charge >= 0.3 is 13.6 Å². The van der Waals surface area contributed by atoms with E-state index in [2.05, 4.69) is 54.4 Å². The number of nitrogens with two attached hydrogens (primary N) is 2. The van der Waals surface area contributed by atoms with Crippen LogP contribution in [-0.2, 0) is 36.7 Å². The molecular formula is C20H22ClFN10O8P2S2. The van der Waals surface area contributed by atoms with Gasteiger partial charge in [0, 0.05) is 6.42 Å². The summed E-state index contributed by atoms with van der Waals surface area (Å²) in [5, 5.41) is -0.109. The molecule has 3 aliphatic rings. The molecule has 0 spiro atoms. The van der Waals surface area contributed by atoms with Crippen LogP contribution in [0, 0.1) is 0 Å². The maximum Gasteiger partial charge on any atom is 0.386 e. The van der Waals surface area contributed by atoms with Crippen molar-refractivity contribution in [3.63, 3.8) is 0 Å². The number of nitrogens with zero attached hydrogens (tertiary/aromatic N) is 8. The van der Waals surface area contributed by atoms with E-state index in [-0.39, 0.29) is 45.7 Å². The molecule has 4 aromatic heterocycles. The highest BCUT2D eigenvalue weighted by molar-refractivity contribution is 8.44. The minimum absolute atomic E-state index is 0.0593. The minimum atomic E-state index is -4.27. The lowest BCUT2D eigenvalue weighted by Gasteiger charge is -2.27. The van der Waals surface area contributed by atoms with Crippen LogP contribution in [0.4, 0.5) is 16.0 Å². The number of thiol groups is 2. The number of nitrogen functional groups attached to an aromatic ring is 2. The Morgan fingerprint density at radius 1 is 0.864 bits per heavy atom. The van der Waals surface area contributed by atoms with E-state index in [1.807, 2.05) is 0 Å². The Kier molecular flexibility index (Phi) is 7.81. The van der Waals surface area contributed by atoms with Crippen molar-refractivity contribution in [3.8, 4) is 0 Å². The van der Waals surface area contributed by atoms with Gasteiger partial charge in [0.05, 0.1) is 25.9 Å². The second-order valence-corrected chi connectivity index (χ2v) is 16.0. The summed E-state index contributed by atoms with van der Waals surface area (Å²) in [6.45, 7) is -9.37. The van der Waals surface area contributed by atoms with Crippen LogP contribution in [-0.4, -0.2) is 82.8 Å². The van der Waals surface area contributed by atoms with Gasteiger partial charge in [-0.1, -0.05) is 24.5 Å². The maximum atomic E-state index is 16.0. The molecule has 0 bridgehead atoms. The number of alkyl halides is 1. The number of hydrogen-bond donors (Lipinski definition) is 4. The Morgan fingerprint density at radius 2 is 1.55 bits per heavy atom. The molecule has 4 aromatic rings. The standard InChI is InChI=1S/C20H22ClFN10O8P2S2/c21-20-29-16(24)13-18(30-20)31(5-27-13)10-1-7-8(37-10)2-35-42(34,44)40-14-9(3-36-41(33,43)39-7)38-19(11(14)22)32-6-28-12-15(23)25-4-26-17(12)32/h4-11,14,19H,1-3H2,(H,33,43)(H,34,44)(H2,23,25,26)(H2,24,29,30)/t7?,8-,9-,10-,11?,14?,19-,41-,42-/m1/s1. The number of aromatic nitrogens is 8. The van der Waals surface area contributed by atoms with Crippen molar-refractivity contribution in [1.29, 1.82) is 0 Å². The monoisotopic (exact) mass is 710 g/mol. The average Bonchev–Trinajstić information content (AvgIpc) is 3.72. The highest BCUT2D eigenvalue weighted by Crippen LogP contribution is 2.60. The van der Waals surface area contributed by atoms with Crippen molar-refractivity contribution in [2.45, 2.75) is 49.5 Å². The molecule has 0 radical (unpaired) electrons. The van der Waals surface area contributed by atoms with E-state index in [0.717, 1.165) is 0 Å². The van der Waals surface area contributed by atoms with Crippen molar-refractivity contribution in [3.05, 3.63) is 24.3 Å². The first-order valence-electron chi connectivity index (χ1n) is 12.7. The fraction of sp³-hybridized carbons (Fsp3) is 0.500. The van der Waals surface area contributed by atoms with Gasteiger partial charge in [-0.25, -0.2) is 33.5 Å². The molecule has 7 heterocycles. The molecule has 24 heteroatoms. The Morgan fingerprint density at radius 3 is 2.32 bits per heavy atom. The molecule has 0 aliphatic carbocycles. The van der Waals surface area contributed by atoms with Crippen molar-refractivity contribution < 1.29 is 41.1 Å². The van der Waals surface area contributed by atoms with E-state index in [0.29, 0.717) is 0 Å². The van der Waals surface area contributed by atoms with E-state index in [1.165, 1.54) is 28.1 Å². The lowest BCUT2D eigenvalue weighted by atomic mass is 10.1. The summed E-state index contributed by atoms with van der Waals surface area (Å²) in [7, 11) is 0. The zero-order valence-corrected chi connectivity index (χ0v) is 26.3. The van der Waals surface area contributed by atoms with Gasteiger partial charge < -0.3 is 20.9 Å². The number of fused-ring (bicyclic) bond motifs is 4. The molecule has 7 rings (SSSR count). The van der Waals surface area contributed by atoms with Gasteiger partial charge in [-0.15, -0.1) is 0 Å². The van der Waals surface area contributed by atoms with E-state index >= 15 is 4.39 Å². The smallest absolute Gasteiger partial charge is 0.382 e. The summed E-state index contributed by atoms with van der Waals surface area (Å²) < 4.78 is 79.8. The predicted molar refractivity (Wildman–Crippen MR) is 157 cm³/mol. The largest absolute Gasteiger partial charge is 0.386 e. The first-order chi connectivity index (χ1) is 20.9. The minimum Gasteiger partial charge on any atom is -0.382 e. The Hall–Kier alpha value is -2.16. The Balaban J connectivity index is 1.15. The maximum absolute atomic E-state index is 16.0. The van der Waals surface area contributed by atoms with Gasteiger partial charge in [-0.05, 0) is 11.6 Å². The topological polar surface area (TPSA) is 229 Å². The van der Waals surface area contributed by atoms with Gasteiger partial charge in [-0.3, -0.25) is 27.2 Å². The molecule has 4 N–H and O–H groups in total. The third-order valence-electron chi connectivity index (χ3n) is 7.17. The molecule has 0 aromatic carbocycles. The summed E-state index contributed by atoms with van der Waals surface area (Å²) in [5.74, 6) is 0.135. The molecule has 3 fully saturated rings. The predicted octanol–water partition coefficient (Wildman–Crippen LogP) is 2.90. The number of hydrogen-bond acceptors (Lipinski definition) is 16. The average molecular weight is 711 g/mol. The molecule has 3 unspecified atom stereocenters. The van der Waals surface area contributed by atoms with Gasteiger partial charge in [0.2, 0.25) is 5.28 Å². The van der Waals surface area contributed by atoms with Gasteiger partial charge in [-0.2, -0.15) is 9.97 Å². The number of ether oxygens (including phenoxy) is 2. The third kappa shape index (κ3) is 5.57. The van der Waals surface area contributed by atoms with E-state index < -0.39 is 69.9 Å². The number of imidazole rings is 2. The van der Waals surface area contributed by atoms with Gasteiger partial charge in [0.25, 0.3) is 0 Å². The van der Waals surface area contributed by atoms with Crippen LogP contribution in [0.25, 0.3) is 22.3 Å². The third-order valence-corrected chi connectivity index (χ3v) is 10.6. The molecular weight excluding hydrogens is 689 g/mol. The first-order valence-corrected chi connectivity index (χ1v) is 18.5. The zero-order chi connectivity index (χ0) is 31.0. The summed E-state index contributed by atoms with van der Waals surface area (Å²) in [5.41, 5.74) is 12.7. The van der Waals surface area contributed by atoms with Crippen LogP contribution in [0.3, 0.4) is 0 Å². The van der Waals surface area contributed by atoms with E-state index in [9.17, 15) is 9.13 Å². The molecule has 44 heavy (non-hydrogen) atoms. The highest BCUT2D eigenvalue weighted by Gasteiger charge is 2.52. The van der Waals surface area contributed by atoms with E-state index in [4.69, 9.17) is 50.6 Å². The summed E-state index contributed by atoms with van der Waals surface area (Å²) in [6, 6.07) is 0. The fourth-order valence-corrected chi connectivity index (χ4v) is 8.39. The van der Waals surface area contributed by atoms with Gasteiger partial charge in [0.15, 0.2) is 35.3 Å². The second kappa shape index (κ2) is 11.3. The fourth-order valence-electron chi connectivity index (χ4n) is 5.21. The molecule has 0 saturated carbocycles. The van der Waals surface area contributed by atoms with Crippen LogP contribution in [0.15, 0.2) is 19.0 Å². The molecule has 9 atom stereocenters. The summed E-state index contributed by atoms with van der Waals surface area (Å²) in [4.78, 5) is 24.4. The SMILES string of the molecule is Nc1ncnc2c1ncn2[C@@H]1O[C@@H]2CO[P@@](=O)(S)OC3C[C@H](n4cnc5c(N)nc(Cl)nc54)O[C@@H]3CO[P@@](=O)(S)OC2C1F. The van der Waals surface area contributed by atoms with Crippen LogP contribution >= 0.6 is 49.7 Å². The Bertz CT molecular complexity index is 1860. The van der Waals surface area contributed by atoms with Crippen LogP contribution in [0.1, 0.15) is 18.9 Å². The van der Waals surface area contributed by atoms with Crippen molar-refractivity contribution >= 4 is 83.7 Å². The summed E-state index contributed by atoms with van der Waals surface area (Å²) in [6.07, 6.45) is -5.02. The molecule has 3 saturated heterocycles. The molecule has 18 nitrogen and oxygen atoms in total. The number of halogens is 2. The van der Waals surface area contributed by atoms with Gasteiger partial charge in [0.1, 0.15) is 48.0 Å². The number of anilines is 2. The zero-order valence-electron chi connectivity index (χ0n) is 21.9. The van der Waals surface area contributed by atoms with Crippen molar-refractivity contribution in [2.24, 2.45) is 0 Å². The highest BCUT2D eigenvalue weighted by atomic mass is 35.5. The quantitative estimate of drug-likeness (QED) is 0.133. The normalized spacial score (nSPS) is 36.6. The summed E-state index contributed by atoms with van der Waals surface area (Å²) >= 11 is 14.2. The van der Waals surface area contributed by atoms with Crippen LogP contribution in [0.5, 0.6) is 0 Å². The lowest BCUT2D eigenvalue weighted by Crippen LogP contribution is -2.35. The number of rotatable bonds is 2. The molecule has 236 valence electrons. The van der Waals surface area contributed by atoms with Crippen molar-refractivity contribution in [1.82, 2.24) is 39.0 Å². The Labute approximate surface area is 261 Å². The van der Waals surface area contributed by atoms with Crippen molar-refractivity contribution in [2.75, 3.05) is 24.7 Å².